The van der Waals surface area contributed by atoms with Gasteiger partial charge in [0.05, 0.1) is 13.2 Å². The smallest absolute Gasteiger partial charge is 0.411 e. The van der Waals surface area contributed by atoms with Crippen LogP contribution in [0.1, 0.15) is 12.5 Å². The Morgan fingerprint density at radius 3 is 2.56 bits per heavy atom. The second-order valence-corrected chi connectivity index (χ2v) is 4.16. The zero-order chi connectivity index (χ0) is 13.1. The summed E-state index contributed by atoms with van der Waals surface area (Å²) >= 11 is 0. The van der Waals surface area contributed by atoms with Gasteiger partial charge in [0, 0.05) is 0 Å². The van der Waals surface area contributed by atoms with E-state index in [1.165, 1.54) is 12.0 Å². The molecular weight excluding hydrogens is 234 g/mol. The molecule has 1 amide bonds. The van der Waals surface area contributed by atoms with E-state index < -0.39 is 18.1 Å². The first-order chi connectivity index (χ1) is 8.65. The maximum absolute atomic E-state index is 11.7. The van der Waals surface area contributed by atoms with Crippen molar-refractivity contribution in [2.75, 3.05) is 7.11 Å². The van der Waals surface area contributed by atoms with Crippen LogP contribution < -0.4 is 0 Å². The van der Waals surface area contributed by atoms with Crippen LogP contribution in [0.5, 0.6) is 0 Å². The zero-order valence-electron chi connectivity index (χ0n) is 10.3. The molecular formula is C13H15NO4. The molecule has 1 aliphatic heterocycles. The Balaban J connectivity index is 1.85. The lowest BCUT2D eigenvalue weighted by atomic mass is 10.2. The number of carbonyl (C=O) groups is 2. The second-order valence-electron chi connectivity index (χ2n) is 4.16. The van der Waals surface area contributed by atoms with Gasteiger partial charge in [-0.1, -0.05) is 30.3 Å². The molecule has 0 aliphatic carbocycles. The van der Waals surface area contributed by atoms with Crippen LogP contribution in [-0.4, -0.2) is 36.2 Å². The number of carbonyl (C=O) groups excluding carboxylic acids is 2. The fraction of sp³-hybridized carbons (Fsp3) is 0.385. The molecule has 2 atom stereocenters. The molecule has 1 aromatic carbocycles. The summed E-state index contributed by atoms with van der Waals surface area (Å²) in [4.78, 5) is 24.4. The third-order valence-electron chi connectivity index (χ3n) is 2.96. The summed E-state index contributed by atoms with van der Waals surface area (Å²) in [5.41, 5.74) is 0.912. The highest BCUT2D eigenvalue weighted by atomic mass is 16.6. The van der Waals surface area contributed by atoms with Crippen molar-refractivity contribution in [3.8, 4) is 0 Å². The Morgan fingerprint density at radius 2 is 1.94 bits per heavy atom. The highest BCUT2D eigenvalue weighted by molar-refractivity contribution is 5.88. The maximum Gasteiger partial charge on any atom is 0.411 e. The van der Waals surface area contributed by atoms with Crippen molar-refractivity contribution in [3.05, 3.63) is 35.9 Å². The van der Waals surface area contributed by atoms with Crippen molar-refractivity contribution in [2.45, 2.75) is 25.6 Å². The van der Waals surface area contributed by atoms with E-state index >= 15 is 0 Å². The van der Waals surface area contributed by atoms with Gasteiger partial charge in [0.25, 0.3) is 0 Å². The van der Waals surface area contributed by atoms with Crippen LogP contribution in [0.25, 0.3) is 0 Å². The van der Waals surface area contributed by atoms with E-state index in [1.54, 1.807) is 6.92 Å². The third kappa shape index (κ3) is 2.45. The second kappa shape index (κ2) is 5.08. The molecule has 0 N–H and O–H groups in total. The number of ether oxygens (including phenoxy) is 2. The number of rotatable bonds is 3. The Labute approximate surface area is 105 Å². The molecule has 1 aromatic rings. The van der Waals surface area contributed by atoms with Crippen LogP contribution in [-0.2, 0) is 20.9 Å². The number of hydrogen-bond acceptors (Lipinski definition) is 4. The normalized spacial score (nSPS) is 21.3. The van der Waals surface area contributed by atoms with Gasteiger partial charge in [-0.3, -0.25) is 4.90 Å². The first-order valence-electron chi connectivity index (χ1n) is 5.72. The molecule has 0 unspecified atom stereocenters. The predicted octanol–water partition coefficient (Wildman–Crippen LogP) is 1.57. The van der Waals surface area contributed by atoms with Gasteiger partial charge in [-0.25, -0.2) is 9.59 Å². The highest BCUT2D eigenvalue weighted by Crippen LogP contribution is 2.29. The first-order valence-corrected chi connectivity index (χ1v) is 5.72. The van der Waals surface area contributed by atoms with Crippen LogP contribution in [0.15, 0.2) is 30.3 Å². The van der Waals surface area contributed by atoms with Crippen molar-refractivity contribution in [1.29, 1.82) is 0 Å². The minimum absolute atomic E-state index is 0.152. The largest absolute Gasteiger partial charge is 0.467 e. The van der Waals surface area contributed by atoms with Crippen LogP contribution in [0.2, 0.25) is 0 Å². The van der Waals surface area contributed by atoms with Gasteiger partial charge in [0.2, 0.25) is 0 Å². The predicted molar refractivity (Wildman–Crippen MR) is 63.7 cm³/mol. The molecule has 0 spiro atoms. The fourth-order valence-electron chi connectivity index (χ4n) is 1.85. The van der Waals surface area contributed by atoms with Gasteiger partial charge >= 0.3 is 12.1 Å². The van der Waals surface area contributed by atoms with Crippen LogP contribution in [0.3, 0.4) is 0 Å². The van der Waals surface area contributed by atoms with Gasteiger partial charge in [0.1, 0.15) is 6.61 Å². The fourth-order valence-corrected chi connectivity index (χ4v) is 1.85. The van der Waals surface area contributed by atoms with E-state index in [9.17, 15) is 9.59 Å². The topological polar surface area (TPSA) is 55.6 Å². The molecule has 5 nitrogen and oxygen atoms in total. The van der Waals surface area contributed by atoms with Gasteiger partial charge in [-0.15, -0.1) is 0 Å². The number of benzene rings is 1. The van der Waals surface area contributed by atoms with Crippen molar-refractivity contribution in [1.82, 2.24) is 4.90 Å². The summed E-state index contributed by atoms with van der Waals surface area (Å²) < 4.78 is 9.73. The number of esters is 1. The Morgan fingerprint density at radius 1 is 1.28 bits per heavy atom. The van der Waals surface area contributed by atoms with E-state index in [-0.39, 0.29) is 12.6 Å². The summed E-state index contributed by atoms with van der Waals surface area (Å²) in [6.45, 7) is 1.99. The summed E-state index contributed by atoms with van der Waals surface area (Å²) in [6, 6.07) is 8.73. The maximum atomic E-state index is 11.7. The molecule has 1 aliphatic rings. The van der Waals surface area contributed by atoms with E-state index in [4.69, 9.17) is 4.74 Å². The molecule has 0 bridgehead atoms. The molecule has 5 heteroatoms. The van der Waals surface area contributed by atoms with Gasteiger partial charge in [-0.05, 0) is 12.5 Å². The molecule has 1 heterocycles. The lowest BCUT2D eigenvalue weighted by Gasteiger charge is -2.06. The monoisotopic (exact) mass is 249 g/mol. The first kappa shape index (κ1) is 12.4. The average molecular weight is 249 g/mol. The highest BCUT2D eigenvalue weighted by Gasteiger charge is 2.54. The lowest BCUT2D eigenvalue weighted by Crippen LogP contribution is -2.20. The van der Waals surface area contributed by atoms with Crippen LogP contribution >= 0.6 is 0 Å². The molecule has 0 saturated carbocycles. The standard InChI is InChI=1S/C13H15NO4/c1-9-11(12(15)17-2)14(9)13(16)18-8-10-6-4-3-5-7-10/h3-7,9,11H,8H2,1-2H3/t9-,11-,14?/m0/s1. The summed E-state index contributed by atoms with van der Waals surface area (Å²) in [7, 11) is 1.31. The molecule has 2 rings (SSSR count). The van der Waals surface area contributed by atoms with Gasteiger partial charge < -0.3 is 9.47 Å². The molecule has 1 fully saturated rings. The van der Waals surface area contributed by atoms with Crippen molar-refractivity contribution < 1.29 is 19.1 Å². The van der Waals surface area contributed by atoms with Crippen molar-refractivity contribution >= 4 is 12.1 Å². The number of methoxy groups -OCH3 is 1. The van der Waals surface area contributed by atoms with Gasteiger partial charge in [0.15, 0.2) is 6.04 Å². The average Bonchev–Trinajstić information content (AvgIpc) is 3.08. The number of amides is 1. The zero-order valence-corrected chi connectivity index (χ0v) is 10.3. The van der Waals surface area contributed by atoms with E-state index in [1.807, 2.05) is 30.3 Å². The molecule has 0 aromatic heterocycles. The van der Waals surface area contributed by atoms with Crippen molar-refractivity contribution in [2.24, 2.45) is 0 Å². The van der Waals surface area contributed by atoms with Crippen LogP contribution in [0, 0.1) is 0 Å². The minimum Gasteiger partial charge on any atom is -0.467 e. The SMILES string of the molecule is COC(=O)[C@@H]1[C@H](C)N1C(=O)OCc1ccccc1. The van der Waals surface area contributed by atoms with Crippen molar-refractivity contribution in [3.63, 3.8) is 0 Å². The lowest BCUT2D eigenvalue weighted by molar-refractivity contribution is -0.140. The Bertz CT molecular complexity index is 446. The Hall–Kier alpha value is -2.04. The molecule has 0 radical (unpaired) electrons. The van der Waals surface area contributed by atoms with Gasteiger partial charge in [-0.2, -0.15) is 0 Å². The quantitative estimate of drug-likeness (QED) is 0.602. The molecule has 18 heavy (non-hydrogen) atoms. The summed E-state index contributed by atoms with van der Waals surface area (Å²) in [5, 5.41) is 0. The minimum atomic E-state index is -0.502. The van der Waals surface area contributed by atoms with E-state index in [0.717, 1.165) is 5.56 Å². The number of nitrogens with zero attached hydrogens (tertiary/aromatic N) is 1. The molecule has 96 valence electrons. The van der Waals surface area contributed by atoms with Crippen LogP contribution in [0.4, 0.5) is 4.79 Å². The number of hydrogen-bond donors (Lipinski definition) is 0. The summed E-state index contributed by atoms with van der Waals surface area (Å²) in [6.07, 6.45) is -0.484. The third-order valence-corrected chi connectivity index (χ3v) is 2.96. The molecule has 1 saturated heterocycles. The summed E-state index contributed by atoms with van der Waals surface area (Å²) in [5.74, 6) is -0.404. The Kier molecular flexibility index (Phi) is 3.50. The van der Waals surface area contributed by atoms with E-state index in [0.29, 0.717) is 0 Å². The van der Waals surface area contributed by atoms with E-state index in [2.05, 4.69) is 4.74 Å².